The number of fused-ring (bicyclic) bond motifs is 1. The molecule has 10 heteroatoms. The lowest BCUT2D eigenvalue weighted by Gasteiger charge is -2.37. The predicted octanol–water partition coefficient (Wildman–Crippen LogP) is 3.26. The second kappa shape index (κ2) is 11.0. The normalized spacial score (nSPS) is 19.6. The molecule has 4 rings (SSSR count). The molecule has 0 bridgehead atoms. The summed E-state index contributed by atoms with van der Waals surface area (Å²) >= 11 is 1.42. The maximum atomic E-state index is 13.3. The monoisotopic (exact) mass is 499 g/mol. The number of hydrogen-bond donors (Lipinski definition) is 0. The first-order valence-corrected chi connectivity index (χ1v) is 12.2. The quantitative estimate of drug-likeness (QED) is 0.398. The fourth-order valence-corrected chi connectivity index (χ4v) is 5.23. The summed E-state index contributed by atoms with van der Waals surface area (Å²) in [5.74, 6) is 0.688. The van der Waals surface area contributed by atoms with Crippen molar-refractivity contribution in [2.75, 3.05) is 47.1 Å². The van der Waals surface area contributed by atoms with Gasteiger partial charge in [0.05, 0.1) is 51.2 Å². The summed E-state index contributed by atoms with van der Waals surface area (Å²) < 4.78 is 22.0. The maximum Gasteiger partial charge on any atom is 0.338 e. The molecule has 0 spiro atoms. The van der Waals surface area contributed by atoms with Gasteiger partial charge in [0.25, 0.3) is 0 Å². The largest absolute Gasteiger partial charge is 0.497 e. The standard InChI is InChI=1S/C25H29N3O6S/c1-5-10-34-24(30)22-16(2)26-25-28(23(22)19-14-18(31-3)6-7-20(19)32-4)17(15-35-25)13-21(29)27-8-11-33-12-9-27/h5-7,14-15,23H,1,8-13H2,2-4H3/t23-/m0/s1. The minimum Gasteiger partial charge on any atom is -0.497 e. The van der Waals surface area contributed by atoms with Crippen molar-refractivity contribution in [2.24, 2.45) is 4.99 Å². The van der Waals surface area contributed by atoms with Crippen LogP contribution in [0.3, 0.4) is 0 Å². The summed E-state index contributed by atoms with van der Waals surface area (Å²) in [7, 11) is 3.16. The van der Waals surface area contributed by atoms with E-state index in [1.54, 1.807) is 38.2 Å². The van der Waals surface area contributed by atoms with Crippen LogP contribution >= 0.6 is 11.8 Å². The van der Waals surface area contributed by atoms with Crippen molar-refractivity contribution in [3.63, 3.8) is 0 Å². The molecular weight excluding hydrogens is 470 g/mol. The van der Waals surface area contributed by atoms with Crippen molar-refractivity contribution in [1.29, 1.82) is 0 Å². The van der Waals surface area contributed by atoms with E-state index in [9.17, 15) is 9.59 Å². The zero-order valence-electron chi connectivity index (χ0n) is 20.1. The Labute approximate surface area is 209 Å². The van der Waals surface area contributed by atoms with Crippen LogP contribution < -0.4 is 9.47 Å². The zero-order valence-corrected chi connectivity index (χ0v) is 20.9. The van der Waals surface area contributed by atoms with Gasteiger partial charge in [0.1, 0.15) is 18.1 Å². The van der Waals surface area contributed by atoms with Gasteiger partial charge in [0.2, 0.25) is 5.91 Å². The van der Waals surface area contributed by atoms with Crippen molar-refractivity contribution in [3.05, 3.63) is 58.8 Å². The number of allylic oxidation sites excluding steroid dienone is 1. The average molecular weight is 500 g/mol. The lowest BCUT2D eigenvalue weighted by Crippen LogP contribution is -2.42. The third kappa shape index (κ3) is 5.08. The SMILES string of the molecule is C=CCOC(=O)C1=C(C)N=C2SC=C(CC(=O)N3CCOCC3)N2[C@H]1c1cc(OC)ccc1OC. The molecule has 35 heavy (non-hydrogen) atoms. The molecule has 1 amide bonds. The van der Waals surface area contributed by atoms with Crippen LogP contribution in [-0.4, -0.2) is 74.0 Å². The van der Waals surface area contributed by atoms with Gasteiger partial charge in [0.15, 0.2) is 5.17 Å². The molecule has 0 aromatic heterocycles. The van der Waals surface area contributed by atoms with Crippen LogP contribution in [0.1, 0.15) is 24.9 Å². The number of esters is 1. The molecule has 0 radical (unpaired) electrons. The number of aliphatic imine (C=N–C) groups is 1. The van der Waals surface area contributed by atoms with Crippen LogP contribution in [0.2, 0.25) is 0 Å². The minimum atomic E-state index is -0.622. The first-order chi connectivity index (χ1) is 17.0. The van der Waals surface area contributed by atoms with Crippen molar-refractivity contribution in [1.82, 2.24) is 9.80 Å². The highest BCUT2D eigenvalue weighted by atomic mass is 32.2. The van der Waals surface area contributed by atoms with Crippen molar-refractivity contribution >= 4 is 28.8 Å². The molecule has 1 aromatic carbocycles. The van der Waals surface area contributed by atoms with Crippen molar-refractivity contribution in [2.45, 2.75) is 19.4 Å². The van der Waals surface area contributed by atoms with Crippen LogP contribution in [-0.2, 0) is 19.1 Å². The van der Waals surface area contributed by atoms with E-state index in [1.807, 2.05) is 16.4 Å². The third-order valence-electron chi connectivity index (χ3n) is 5.98. The number of hydrogen-bond acceptors (Lipinski definition) is 9. The number of morpholine rings is 1. The Bertz CT molecular complexity index is 1110. The van der Waals surface area contributed by atoms with Gasteiger partial charge in [-0.25, -0.2) is 9.79 Å². The molecule has 186 valence electrons. The van der Waals surface area contributed by atoms with E-state index < -0.39 is 12.0 Å². The Morgan fingerprint density at radius 2 is 2.03 bits per heavy atom. The first kappa shape index (κ1) is 24.9. The molecule has 3 heterocycles. The highest BCUT2D eigenvalue weighted by Gasteiger charge is 2.42. The van der Waals surface area contributed by atoms with Crippen LogP contribution in [0, 0.1) is 0 Å². The van der Waals surface area contributed by atoms with Gasteiger partial charge in [-0.1, -0.05) is 24.4 Å². The molecular formula is C25H29N3O6S. The summed E-state index contributed by atoms with van der Waals surface area (Å²) in [5.41, 5.74) is 2.37. The molecule has 9 nitrogen and oxygen atoms in total. The third-order valence-corrected chi connectivity index (χ3v) is 6.87. The Morgan fingerprint density at radius 3 is 2.71 bits per heavy atom. The number of rotatable bonds is 8. The fourth-order valence-electron chi connectivity index (χ4n) is 4.27. The molecule has 0 unspecified atom stereocenters. The average Bonchev–Trinajstić information content (AvgIpc) is 3.28. The number of amides is 1. The van der Waals surface area contributed by atoms with Gasteiger partial charge >= 0.3 is 5.97 Å². The van der Waals surface area contributed by atoms with Gasteiger partial charge in [-0.2, -0.15) is 0 Å². The summed E-state index contributed by atoms with van der Waals surface area (Å²) in [6.45, 7) is 7.67. The van der Waals surface area contributed by atoms with Gasteiger partial charge < -0.3 is 28.7 Å². The van der Waals surface area contributed by atoms with Crippen LogP contribution in [0.4, 0.5) is 0 Å². The van der Waals surface area contributed by atoms with Crippen LogP contribution in [0.25, 0.3) is 0 Å². The molecule has 1 atom stereocenters. The van der Waals surface area contributed by atoms with E-state index in [4.69, 9.17) is 18.9 Å². The minimum absolute atomic E-state index is 0.000170. The Morgan fingerprint density at radius 1 is 1.26 bits per heavy atom. The fraction of sp³-hybridized carbons (Fsp3) is 0.400. The van der Waals surface area contributed by atoms with Crippen LogP contribution in [0.5, 0.6) is 11.5 Å². The highest BCUT2D eigenvalue weighted by molar-refractivity contribution is 8.16. The van der Waals surface area contributed by atoms with Crippen molar-refractivity contribution < 1.29 is 28.5 Å². The molecule has 0 saturated carbocycles. The Hall–Kier alpha value is -3.24. The van der Waals surface area contributed by atoms with Gasteiger partial charge in [-0.3, -0.25) is 4.79 Å². The van der Waals surface area contributed by atoms with Crippen LogP contribution in [0.15, 0.2) is 58.2 Å². The summed E-state index contributed by atoms with van der Waals surface area (Å²) in [4.78, 5) is 34.8. The van der Waals surface area contributed by atoms with E-state index in [2.05, 4.69) is 11.6 Å². The first-order valence-electron chi connectivity index (χ1n) is 11.3. The highest BCUT2D eigenvalue weighted by Crippen LogP contribution is 2.47. The molecule has 0 N–H and O–H groups in total. The second-order valence-corrected chi connectivity index (χ2v) is 8.89. The summed E-state index contributed by atoms with van der Waals surface area (Å²) in [6, 6.07) is 4.81. The Kier molecular flexibility index (Phi) is 7.82. The van der Waals surface area contributed by atoms with Crippen molar-refractivity contribution in [3.8, 4) is 11.5 Å². The van der Waals surface area contributed by atoms with Gasteiger partial charge in [-0.05, 0) is 30.5 Å². The number of amidine groups is 1. The number of methoxy groups -OCH3 is 2. The van der Waals surface area contributed by atoms with E-state index in [1.165, 1.54) is 17.8 Å². The van der Waals surface area contributed by atoms with Gasteiger partial charge in [0, 0.05) is 24.4 Å². The summed E-state index contributed by atoms with van der Waals surface area (Å²) in [5, 5.41) is 2.60. The number of ether oxygens (including phenoxy) is 4. The van der Waals surface area contributed by atoms with Gasteiger partial charge in [-0.15, -0.1) is 0 Å². The number of thioether (sulfide) groups is 1. The summed E-state index contributed by atoms with van der Waals surface area (Å²) in [6.07, 6.45) is 1.69. The molecule has 0 aliphatic carbocycles. The smallest absolute Gasteiger partial charge is 0.338 e. The molecule has 1 aromatic rings. The molecule has 3 aliphatic rings. The topological polar surface area (TPSA) is 89.9 Å². The number of nitrogens with zero attached hydrogens (tertiary/aromatic N) is 3. The number of benzene rings is 1. The molecule has 1 fully saturated rings. The van der Waals surface area contributed by atoms with E-state index >= 15 is 0 Å². The second-order valence-electron chi connectivity index (χ2n) is 8.06. The van der Waals surface area contributed by atoms with E-state index in [-0.39, 0.29) is 18.9 Å². The lowest BCUT2D eigenvalue weighted by atomic mass is 9.92. The lowest BCUT2D eigenvalue weighted by molar-refractivity contribution is -0.138. The predicted molar refractivity (Wildman–Crippen MR) is 133 cm³/mol. The van der Waals surface area contributed by atoms with E-state index in [0.717, 1.165) is 5.70 Å². The van der Waals surface area contributed by atoms with E-state index in [0.29, 0.717) is 59.8 Å². The molecule has 1 saturated heterocycles. The Balaban J connectivity index is 1.76. The number of carbonyl (C=O) groups excluding carboxylic acids is 2. The maximum absolute atomic E-state index is 13.3. The molecule has 3 aliphatic heterocycles. The zero-order chi connectivity index (χ0) is 24.9. The number of carbonyl (C=O) groups is 2.